The van der Waals surface area contributed by atoms with Crippen molar-refractivity contribution in [2.75, 3.05) is 0 Å². The average molecular weight is 414 g/mol. The van der Waals surface area contributed by atoms with E-state index in [-0.39, 0.29) is 29.4 Å². The van der Waals surface area contributed by atoms with Crippen molar-refractivity contribution in [1.29, 1.82) is 0 Å². The van der Waals surface area contributed by atoms with Gasteiger partial charge in [0, 0.05) is 5.41 Å². The van der Waals surface area contributed by atoms with Crippen molar-refractivity contribution in [2.24, 2.45) is 5.92 Å². The van der Waals surface area contributed by atoms with Crippen LogP contribution in [0.5, 0.6) is 0 Å². The van der Waals surface area contributed by atoms with Gasteiger partial charge in [-0.05, 0) is 45.7 Å². The van der Waals surface area contributed by atoms with Crippen molar-refractivity contribution in [3.63, 3.8) is 0 Å². The van der Waals surface area contributed by atoms with Crippen molar-refractivity contribution < 1.29 is 0 Å². The summed E-state index contributed by atoms with van der Waals surface area (Å²) in [6.07, 6.45) is 3.58. The van der Waals surface area contributed by atoms with Gasteiger partial charge in [0.2, 0.25) is 0 Å². The minimum absolute atomic E-state index is 0. The smallest absolute Gasteiger partial charge is 0.0161 e. The Labute approximate surface area is 156 Å². The molecule has 0 heterocycles. The van der Waals surface area contributed by atoms with Crippen LogP contribution < -0.4 is 0 Å². The first-order valence-electron chi connectivity index (χ1n) is 8.21. The predicted octanol–water partition coefficient (Wildman–Crippen LogP) is 6.47. The second-order valence-electron chi connectivity index (χ2n) is 7.08. The summed E-state index contributed by atoms with van der Waals surface area (Å²) in [6.45, 7) is 7.12. The molecule has 0 radical (unpaired) electrons. The molecule has 0 aliphatic heterocycles. The third-order valence-corrected chi connectivity index (χ3v) is 5.31. The van der Waals surface area contributed by atoms with Gasteiger partial charge < -0.3 is 0 Å². The predicted molar refractivity (Wildman–Crippen MR) is 110 cm³/mol. The number of halogens is 1. The van der Waals surface area contributed by atoms with E-state index in [1.165, 1.54) is 22.3 Å². The monoisotopic (exact) mass is 414 g/mol. The highest BCUT2D eigenvalue weighted by atomic mass is 127. The van der Waals surface area contributed by atoms with E-state index < -0.39 is 0 Å². The van der Waals surface area contributed by atoms with Gasteiger partial charge in [0.15, 0.2) is 0 Å². The van der Waals surface area contributed by atoms with Crippen LogP contribution in [0.15, 0.2) is 66.2 Å². The van der Waals surface area contributed by atoms with Gasteiger partial charge in [-0.2, -0.15) is 0 Å². The Morgan fingerprint density at radius 1 is 0.913 bits per heavy atom. The van der Waals surface area contributed by atoms with Crippen LogP contribution in [-0.2, 0) is 5.41 Å². The molecule has 2 aliphatic carbocycles. The molecule has 2 aliphatic rings. The lowest BCUT2D eigenvalue weighted by Crippen LogP contribution is -2.20. The van der Waals surface area contributed by atoms with E-state index in [1.54, 1.807) is 11.1 Å². The van der Waals surface area contributed by atoms with E-state index in [0.29, 0.717) is 5.92 Å². The van der Waals surface area contributed by atoms with E-state index in [1.807, 2.05) is 0 Å². The maximum absolute atomic E-state index is 2.45. The summed E-state index contributed by atoms with van der Waals surface area (Å²) in [7, 11) is 0. The highest BCUT2D eigenvalue weighted by molar-refractivity contribution is 14.0. The molecule has 118 valence electrons. The molecule has 1 unspecified atom stereocenters. The van der Waals surface area contributed by atoms with Crippen LogP contribution >= 0.6 is 24.0 Å². The first kappa shape index (κ1) is 16.5. The zero-order valence-corrected chi connectivity index (χ0v) is 16.3. The summed E-state index contributed by atoms with van der Waals surface area (Å²) in [4.78, 5) is 0. The minimum Gasteiger partial charge on any atom is -0.107 e. The number of allylic oxidation sites excluding steroid dienone is 4. The molecule has 0 fully saturated rings. The Bertz CT molecular complexity index is 794. The van der Waals surface area contributed by atoms with Crippen LogP contribution in [0, 0.1) is 5.92 Å². The number of hydrogen-bond donors (Lipinski definition) is 0. The molecular formula is C22H23I. The van der Waals surface area contributed by atoms with Crippen LogP contribution in [0.4, 0.5) is 0 Å². The second kappa shape index (κ2) is 5.94. The summed E-state index contributed by atoms with van der Waals surface area (Å²) >= 11 is 0. The second-order valence-corrected chi connectivity index (χ2v) is 7.08. The van der Waals surface area contributed by atoms with E-state index >= 15 is 0 Å². The topological polar surface area (TPSA) is 0 Å². The largest absolute Gasteiger partial charge is 0.107 e. The Hall–Kier alpha value is -1.35. The molecule has 0 bridgehead atoms. The van der Waals surface area contributed by atoms with Gasteiger partial charge in [0.25, 0.3) is 0 Å². The fourth-order valence-electron chi connectivity index (χ4n) is 4.26. The molecule has 1 heteroatoms. The average Bonchev–Trinajstić information content (AvgIpc) is 2.79. The Kier molecular flexibility index (Phi) is 4.26. The molecule has 1 atom stereocenters. The number of benzene rings is 2. The lowest BCUT2D eigenvalue weighted by atomic mass is 9.73. The molecule has 0 aromatic heterocycles. The standard InChI is InChI=1S/C22H22.HI/c1-15-13-14-17(16-9-5-4-6-10-16)21-20(15)18-11-7-8-12-19(18)22(21,2)3;/h4-12,14-15H,13H2,1-3H3;1H. The van der Waals surface area contributed by atoms with E-state index in [2.05, 4.69) is 81.4 Å². The number of hydrogen-bond acceptors (Lipinski definition) is 0. The van der Waals surface area contributed by atoms with E-state index in [9.17, 15) is 0 Å². The zero-order valence-electron chi connectivity index (χ0n) is 14.0. The maximum atomic E-state index is 2.45. The van der Waals surface area contributed by atoms with Gasteiger partial charge >= 0.3 is 0 Å². The molecule has 2 aromatic rings. The minimum atomic E-state index is 0. The fourth-order valence-corrected chi connectivity index (χ4v) is 4.26. The maximum Gasteiger partial charge on any atom is 0.0161 e. The molecular weight excluding hydrogens is 391 g/mol. The molecule has 0 N–H and O–H groups in total. The lowest BCUT2D eigenvalue weighted by Gasteiger charge is -2.30. The van der Waals surface area contributed by atoms with Crippen molar-refractivity contribution in [2.45, 2.75) is 32.6 Å². The normalized spacial score (nSPS) is 21.2. The van der Waals surface area contributed by atoms with Crippen LogP contribution in [0.2, 0.25) is 0 Å². The molecule has 0 amide bonds. The third kappa shape index (κ3) is 2.40. The molecule has 4 rings (SSSR count). The molecule has 0 saturated carbocycles. The molecule has 0 nitrogen and oxygen atoms in total. The highest BCUT2D eigenvalue weighted by Crippen LogP contribution is 2.55. The van der Waals surface area contributed by atoms with Crippen molar-refractivity contribution in [3.8, 4) is 0 Å². The highest BCUT2D eigenvalue weighted by Gasteiger charge is 2.41. The fraction of sp³-hybridized carbons (Fsp3) is 0.273. The summed E-state index contributed by atoms with van der Waals surface area (Å²) in [6, 6.07) is 19.8. The summed E-state index contributed by atoms with van der Waals surface area (Å²) in [5.74, 6) is 0.602. The molecule has 2 aromatic carbocycles. The first-order chi connectivity index (χ1) is 10.6. The lowest BCUT2D eigenvalue weighted by molar-refractivity contribution is 0.648. The van der Waals surface area contributed by atoms with Gasteiger partial charge in [-0.25, -0.2) is 0 Å². The Morgan fingerprint density at radius 3 is 2.30 bits per heavy atom. The summed E-state index contributed by atoms with van der Waals surface area (Å²) in [5, 5.41) is 0. The Balaban J connectivity index is 0.00000156. The number of rotatable bonds is 1. The summed E-state index contributed by atoms with van der Waals surface area (Å²) in [5.41, 5.74) is 8.94. The quantitative estimate of drug-likeness (QED) is 0.469. The van der Waals surface area contributed by atoms with E-state index in [0.717, 1.165) is 6.42 Å². The van der Waals surface area contributed by atoms with Crippen LogP contribution in [0.1, 0.15) is 43.9 Å². The van der Waals surface area contributed by atoms with Gasteiger partial charge in [0.1, 0.15) is 0 Å². The molecule has 0 saturated heterocycles. The van der Waals surface area contributed by atoms with Crippen LogP contribution in [0.3, 0.4) is 0 Å². The first-order valence-corrected chi connectivity index (χ1v) is 8.21. The van der Waals surface area contributed by atoms with Crippen LogP contribution in [-0.4, -0.2) is 0 Å². The van der Waals surface area contributed by atoms with Crippen LogP contribution in [0.25, 0.3) is 11.1 Å². The Morgan fingerprint density at radius 2 is 1.57 bits per heavy atom. The third-order valence-electron chi connectivity index (χ3n) is 5.31. The molecule has 0 spiro atoms. The SMILES string of the molecule is CC1CC=C(c2ccccc2)C2=C1c1ccccc1C2(C)C.I. The van der Waals surface area contributed by atoms with Gasteiger partial charge in [-0.1, -0.05) is 81.4 Å². The van der Waals surface area contributed by atoms with Gasteiger partial charge in [-0.15, -0.1) is 24.0 Å². The van der Waals surface area contributed by atoms with Crippen molar-refractivity contribution in [3.05, 3.63) is 82.9 Å². The van der Waals surface area contributed by atoms with Gasteiger partial charge in [-0.3, -0.25) is 0 Å². The summed E-state index contributed by atoms with van der Waals surface area (Å²) < 4.78 is 0. The number of fused-ring (bicyclic) bond motifs is 2. The van der Waals surface area contributed by atoms with Crippen molar-refractivity contribution >= 4 is 35.1 Å². The molecule has 23 heavy (non-hydrogen) atoms. The van der Waals surface area contributed by atoms with Gasteiger partial charge in [0.05, 0.1) is 0 Å². The zero-order chi connectivity index (χ0) is 15.3. The van der Waals surface area contributed by atoms with Crippen molar-refractivity contribution in [1.82, 2.24) is 0 Å². The van der Waals surface area contributed by atoms with E-state index in [4.69, 9.17) is 0 Å².